The van der Waals surface area contributed by atoms with Crippen LogP contribution >= 0.6 is 34.7 Å². The van der Waals surface area contributed by atoms with Crippen molar-refractivity contribution in [3.63, 3.8) is 0 Å². The van der Waals surface area contributed by atoms with Gasteiger partial charge in [-0.05, 0) is 68.1 Å². The number of benzene rings is 2. The maximum absolute atomic E-state index is 13.2. The normalized spacial score (nSPS) is 16.4. The second-order valence-corrected chi connectivity index (χ2v) is 9.77. The van der Waals surface area contributed by atoms with Gasteiger partial charge in [0, 0.05) is 16.5 Å². The molecule has 1 aromatic heterocycles. The van der Waals surface area contributed by atoms with Gasteiger partial charge in [0.15, 0.2) is 5.13 Å². The topological polar surface area (TPSA) is 42.4 Å². The number of rotatable bonds is 6. The number of amides is 1. The molecular formula is C22H23ClN2O2S2. The van der Waals surface area contributed by atoms with Crippen LogP contribution in [0.1, 0.15) is 24.0 Å². The summed E-state index contributed by atoms with van der Waals surface area (Å²) in [5, 5.41) is 1.45. The van der Waals surface area contributed by atoms with Gasteiger partial charge in [-0.1, -0.05) is 29.0 Å². The molecule has 0 radical (unpaired) electrons. The Labute approximate surface area is 184 Å². The molecule has 1 amide bonds. The van der Waals surface area contributed by atoms with Crippen LogP contribution < -0.4 is 4.90 Å². The zero-order chi connectivity index (χ0) is 20.4. The van der Waals surface area contributed by atoms with Gasteiger partial charge in [-0.2, -0.15) is 0 Å². The molecule has 29 heavy (non-hydrogen) atoms. The van der Waals surface area contributed by atoms with Crippen LogP contribution in [0.25, 0.3) is 10.2 Å². The van der Waals surface area contributed by atoms with E-state index in [0.29, 0.717) is 17.3 Å². The standard InChI is InChI=1S/C22H23ClN2O2S2/c1-14-10-15(2)21-19(11-14)24-22(29-21)25(12-17-4-3-9-27-17)20(26)13-28-18-7-5-16(23)6-8-18/h5-8,10-11,17H,3-4,9,12-13H2,1-2H3. The number of aryl methyl sites for hydroxylation is 2. The number of carbonyl (C=O) groups excluding carboxylic acids is 1. The van der Waals surface area contributed by atoms with Crippen molar-refractivity contribution >= 4 is 56.0 Å². The lowest BCUT2D eigenvalue weighted by Crippen LogP contribution is -2.38. The summed E-state index contributed by atoms with van der Waals surface area (Å²) in [6.07, 6.45) is 2.11. The van der Waals surface area contributed by atoms with E-state index in [9.17, 15) is 4.79 Å². The number of ether oxygens (including phenoxy) is 1. The fraction of sp³-hybridized carbons (Fsp3) is 0.364. The summed E-state index contributed by atoms with van der Waals surface area (Å²) in [6, 6.07) is 11.8. The van der Waals surface area contributed by atoms with E-state index in [0.717, 1.165) is 39.7 Å². The molecule has 1 saturated heterocycles. The summed E-state index contributed by atoms with van der Waals surface area (Å²) < 4.78 is 6.95. The van der Waals surface area contributed by atoms with Gasteiger partial charge in [-0.3, -0.25) is 9.69 Å². The third-order valence-corrected chi connectivity index (χ3v) is 7.41. The van der Waals surface area contributed by atoms with E-state index in [1.54, 1.807) is 11.3 Å². The van der Waals surface area contributed by atoms with E-state index in [-0.39, 0.29) is 12.0 Å². The van der Waals surface area contributed by atoms with E-state index in [4.69, 9.17) is 21.3 Å². The van der Waals surface area contributed by atoms with Gasteiger partial charge < -0.3 is 4.74 Å². The molecule has 1 atom stereocenters. The molecule has 1 unspecified atom stereocenters. The Morgan fingerprint density at radius 1 is 1.31 bits per heavy atom. The molecule has 1 aliphatic heterocycles. The maximum atomic E-state index is 13.2. The molecule has 1 fully saturated rings. The van der Waals surface area contributed by atoms with Crippen LogP contribution in [0.3, 0.4) is 0 Å². The van der Waals surface area contributed by atoms with E-state index in [1.165, 1.54) is 22.9 Å². The maximum Gasteiger partial charge on any atom is 0.239 e. The Morgan fingerprint density at radius 3 is 2.83 bits per heavy atom. The lowest BCUT2D eigenvalue weighted by atomic mass is 10.1. The number of hydrogen-bond donors (Lipinski definition) is 0. The van der Waals surface area contributed by atoms with Crippen molar-refractivity contribution in [3.05, 3.63) is 52.5 Å². The van der Waals surface area contributed by atoms with Gasteiger partial charge in [0.05, 0.1) is 28.6 Å². The summed E-state index contributed by atoms with van der Waals surface area (Å²) in [5.74, 6) is 0.399. The van der Waals surface area contributed by atoms with Crippen LogP contribution in [0, 0.1) is 13.8 Å². The molecule has 7 heteroatoms. The number of hydrogen-bond acceptors (Lipinski definition) is 5. The second-order valence-electron chi connectivity index (χ2n) is 7.31. The number of thioether (sulfide) groups is 1. The zero-order valence-electron chi connectivity index (χ0n) is 16.5. The quantitative estimate of drug-likeness (QED) is 0.444. The van der Waals surface area contributed by atoms with E-state index < -0.39 is 0 Å². The first kappa shape index (κ1) is 20.7. The molecule has 0 bridgehead atoms. The Hall–Kier alpha value is -1.60. The summed E-state index contributed by atoms with van der Waals surface area (Å²) >= 11 is 9.06. The minimum atomic E-state index is 0.0499. The third kappa shape index (κ3) is 4.94. The smallest absolute Gasteiger partial charge is 0.239 e. The van der Waals surface area contributed by atoms with Gasteiger partial charge >= 0.3 is 0 Å². The summed E-state index contributed by atoms with van der Waals surface area (Å²) in [5.41, 5.74) is 3.34. The van der Waals surface area contributed by atoms with E-state index >= 15 is 0 Å². The molecule has 2 heterocycles. The van der Waals surface area contributed by atoms with Crippen molar-refractivity contribution in [3.8, 4) is 0 Å². The highest BCUT2D eigenvalue weighted by Gasteiger charge is 2.26. The minimum absolute atomic E-state index is 0.0499. The van der Waals surface area contributed by atoms with Crippen molar-refractivity contribution in [2.45, 2.75) is 37.7 Å². The van der Waals surface area contributed by atoms with Crippen LogP contribution in [-0.4, -0.2) is 35.9 Å². The van der Waals surface area contributed by atoms with Crippen molar-refractivity contribution in [2.24, 2.45) is 0 Å². The fourth-order valence-corrected chi connectivity index (χ4v) is 5.46. The first-order valence-electron chi connectivity index (χ1n) is 9.68. The summed E-state index contributed by atoms with van der Waals surface area (Å²) in [4.78, 5) is 20.8. The number of carbonyl (C=O) groups is 1. The van der Waals surface area contributed by atoms with E-state index in [2.05, 4.69) is 26.0 Å². The molecule has 1 aliphatic rings. The number of anilines is 1. The summed E-state index contributed by atoms with van der Waals surface area (Å²) in [7, 11) is 0. The van der Waals surface area contributed by atoms with Crippen molar-refractivity contribution in [2.75, 3.05) is 23.8 Å². The molecular weight excluding hydrogens is 424 g/mol. The first-order valence-corrected chi connectivity index (χ1v) is 11.9. The molecule has 0 aliphatic carbocycles. The minimum Gasteiger partial charge on any atom is -0.376 e. The Kier molecular flexibility index (Phi) is 6.44. The second kappa shape index (κ2) is 9.04. The summed E-state index contributed by atoms with van der Waals surface area (Å²) in [6.45, 7) is 5.49. The largest absolute Gasteiger partial charge is 0.376 e. The Morgan fingerprint density at radius 2 is 2.10 bits per heavy atom. The molecule has 0 N–H and O–H groups in total. The third-order valence-electron chi connectivity index (χ3n) is 4.93. The predicted molar refractivity (Wildman–Crippen MR) is 123 cm³/mol. The highest BCUT2D eigenvalue weighted by atomic mass is 35.5. The zero-order valence-corrected chi connectivity index (χ0v) is 18.9. The predicted octanol–water partition coefficient (Wildman–Crippen LogP) is 5.87. The van der Waals surface area contributed by atoms with Crippen molar-refractivity contribution in [1.82, 2.24) is 4.98 Å². The average Bonchev–Trinajstić information content (AvgIpc) is 3.35. The number of halogens is 1. The molecule has 4 rings (SSSR count). The van der Waals surface area contributed by atoms with Crippen LogP contribution in [0.4, 0.5) is 5.13 Å². The molecule has 2 aromatic carbocycles. The molecule has 3 aromatic rings. The first-order chi connectivity index (χ1) is 14.0. The van der Waals surface area contributed by atoms with Gasteiger partial charge in [0.2, 0.25) is 5.91 Å². The SMILES string of the molecule is Cc1cc(C)c2sc(N(CC3CCCO3)C(=O)CSc3ccc(Cl)cc3)nc2c1. The molecule has 0 saturated carbocycles. The molecule has 0 spiro atoms. The number of fused-ring (bicyclic) bond motifs is 1. The van der Waals surface area contributed by atoms with Gasteiger partial charge in [-0.25, -0.2) is 4.98 Å². The monoisotopic (exact) mass is 446 g/mol. The number of thiazole rings is 1. The van der Waals surface area contributed by atoms with Gasteiger partial charge in [0.1, 0.15) is 0 Å². The molecule has 4 nitrogen and oxygen atoms in total. The van der Waals surface area contributed by atoms with Crippen LogP contribution in [0.5, 0.6) is 0 Å². The lowest BCUT2D eigenvalue weighted by Gasteiger charge is -2.23. The van der Waals surface area contributed by atoms with Crippen LogP contribution in [0.2, 0.25) is 5.02 Å². The van der Waals surface area contributed by atoms with Crippen LogP contribution in [-0.2, 0) is 9.53 Å². The average molecular weight is 447 g/mol. The van der Waals surface area contributed by atoms with E-state index in [1.807, 2.05) is 29.2 Å². The van der Waals surface area contributed by atoms with Crippen molar-refractivity contribution in [1.29, 1.82) is 0 Å². The van der Waals surface area contributed by atoms with Crippen molar-refractivity contribution < 1.29 is 9.53 Å². The van der Waals surface area contributed by atoms with Crippen LogP contribution in [0.15, 0.2) is 41.3 Å². The Balaban J connectivity index is 1.57. The van der Waals surface area contributed by atoms with Gasteiger partial charge in [0.25, 0.3) is 0 Å². The van der Waals surface area contributed by atoms with Gasteiger partial charge in [-0.15, -0.1) is 11.8 Å². The Bertz CT molecular complexity index is 1010. The molecule has 152 valence electrons. The fourth-order valence-electron chi connectivity index (χ4n) is 3.51. The number of aromatic nitrogens is 1. The number of nitrogens with zero attached hydrogens (tertiary/aromatic N) is 2. The highest BCUT2D eigenvalue weighted by Crippen LogP contribution is 2.33. The highest BCUT2D eigenvalue weighted by molar-refractivity contribution is 8.00. The lowest BCUT2D eigenvalue weighted by molar-refractivity contribution is -0.116.